The average molecular weight is 395 g/mol. The van der Waals surface area contributed by atoms with Crippen molar-refractivity contribution in [2.24, 2.45) is 11.8 Å². The summed E-state index contributed by atoms with van der Waals surface area (Å²) in [6.07, 6.45) is 5.37. The van der Waals surface area contributed by atoms with Gasteiger partial charge in [-0.1, -0.05) is 19.9 Å². The van der Waals surface area contributed by atoms with Crippen LogP contribution in [0.3, 0.4) is 0 Å². The molecule has 2 N–H and O–H groups in total. The third-order valence-electron chi connectivity index (χ3n) is 5.19. The Bertz CT molecular complexity index is 815. The Kier molecular flexibility index (Phi) is 7.36. The molecule has 2 atom stereocenters. The Morgan fingerprint density at radius 1 is 1.07 bits per heavy atom. The molecule has 0 aliphatic carbocycles. The Hall–Kier alpha value is -2.73. The minimum Gasteiger partial charge on any atom is -0.352 e. The molecule has 3 rings (SSSR count). The van der Waals surface area contributed by atoms with Crippen LogP contribution in [0.15, 0.2) is 48.8 Å². The number of anilines is 1. The predicted octanol–water partition coefficient (Wildman–Crippen LogP) is 3.43. The summed E-state index contributed by atoms with van der Waals surface area (Å²) in [5.41, 5.74) is 1.60. The minimum absolute atomic E-state index is 0.122. The molecule has 6 heteroatoms. The highest BCUT2D eigenvalue weighted by molar-refractivity contribution is 6.04. The summed E-state index contributed by atoms with van der Waals surface area (Å²) in [5.74, 6) is 1.12. The number of nitrogens with one attached hydrogen (secondary N) is 2. The van der Waals surface area contributed by atoms with Crippen molar-refractivity contribution in [2.45, 2.75) is 26.7 Å². The Morgan fingerprint density at radius 2 is 1.83 bits per heavy atom. The first-order valence-electron chi connectivity index (χ1n) is 10.3. The molecule has 29 heavy (non-hydrogen) atoms. The second-order valence-corrected chi connectivity index (χ2v) is 8.09. The molecule has 2 aromatic rings. The zero-order chi connectivity index (χ0) is 20.6. The molecule has 1 aliphatic heterocycles. The molecule has 1 aliphatic rings. The van der Waals surface area contributed by atoms with E-state index < -0.39 is 0 Å². The monoisotopic (exact) mass is 394 g/mol. The summed E-state index contributed by atoms with van der Waals surface area (Å²) < 4.78 is 0. The van der Waals surface area contributed by atoms with Crippen molar-refractivity contribution >= 4 is 17.5 Å². The SMILES string of the molecule is CC1CC(C)CN(CCCNC(=O)c2cccc(NC(=O)c3cccnc3)c2)C1. The van der Waals surface area contributed by atoms with Crippen LogP contribution < -0.4 is 10.6 Å². The quantitative estimate of drug-likeness (QED) is 0.706. The van der Waals surface area contributed by atoms with Crippen molar-refractivity contribution in [1.29, 1.82) is 0 Å². The van der Waals surface area contributed by atoms with E-state index in [2.05, 4.69) is 34.4 Å². The standard InChI is InChI=1S/C23H30N4O2/c1-17-12-18(2)16-27(15-17)11-5-10-25-22(28)19-6-3-8-21(13-19)26-23(29)20-7-4-9-24-14-20/h3-4,6-9,13-14,17-18H,5,10-12,15-16H2,1-2H3,(H,25,28)(H,26,29). The van der Waals surface area contributed by atoms with Crippen LogP contribution in [0.2, 0.25) is 0 Å². The molecule has 1 fully saturated rings. The van der Waals surface area contributed by atoms with Gasteiger partial charge in [0.1, 0.15) is 0 Å². The molecule has 2 heterocycles. The van der Waals surface area contributed by atoms with Gasteiger partial charge in [-0.25, -0.2) is 0 Å². The summed E-state index contributed by atoms with van der Waals surface area (Å²) in [4.78, 5) is 31.2. The highest BCUT2D eigenvalue weighted by atomic mass is 16.2. The lowest BCUT2D eigenvalue weighted by atomic mass is 9.92. The van der Waals surface area contributed by atoms with Gasteiger partial charge in [0.05, 0.1) is 5.56 Å². The maximum absolute atomic E-state index is 12.5. The molecular weight excluding hydrogens is 364 g/mol. The van der Waals surface area contributed by atoms with Crippen molar-refractivity contribution in [3.8, 4) is 0 Å². The van der Waals surface area contributed by atoms with Gasteiger partial charge < -0.3 is 15.5 Å². The zero-order valence-corrected chi connectivity index (χ0v) is 17.2. The molecule has 0 spiro atoms. The maximum Gasteiger partial charge on any atom is 0.257 e. The number of likely N-dealkylation sites (tertiary alicyclic amines) is 1. The van der Waals surface area contributed by atoms with Gasteiger partial charge in [0, 0.05) is 43.3 Å². The largest absolute Gasteiger partial charge is 0.352 e. The van der Waals surface area contributed by atoms with Gasteiger partial charge >= 0.3 is 0 Å². The molecular formula is C23H30N4O2. The molecule has 1 aromatic carbocycles. The lowest BCUT2D eigenvalue weighted by Gasteiger charge is -2.34. The summed E-state index contributed by atoms with van der Waals surface area (Å²) in [7, 11) is 0. The number of aromatic nitrogens is 1. The molecule has 0 bridgehead atoms. The molecule has 6 nitrogen and oxygen atoms in total. The van der Waals surface area contributed by atoms with E-state index in [4.69, 9.17) is 0 Å². The third-order valence-corrected chi connectivity index (χ3v) is 5.19. The number of carbonyl (C=O) groups is 2. The molecule has 2 amide bonds. The van der Waals surface area contributed by atoms with Crippen LogP contribution in [0.4, 0.5) is 5.69 Å². The normalized spacial score (nSPS) is 19.5. The van der Waals surface area contributed by atoms with E-state index >= 15 is 0 Å². The van der Waals surface area contributed by atoms with Gasteiger partial charge in [-0.05, 0) is 61.6 Å². The molecule has 2 unspecified atom stereocenters. The second kappa shape index (κ2) is 10.2. The van der Waals surface area contributed by atoms with Crippen LogP contribution in [0.25, 0.3) is 0 Å². The average Bonchev–Trinajstić information content (AvgIpc) is 2.71. The number of carbonyl (C=O) groups excluding carboxylic acids is 2. The number of amides is 2. The first-order valence-corrected chi connectivity index (χ1v) is 10.3. The van der Waals surface area contributed by atoms with E-state index in [1.54, 1.807) is 42.6 Å². The van der Waals surface area contributed by atoms with E-state index in [1.165, 1.54) is 12.6 Å². The van der Waals surface area contributed by atoms with E-state index in [0.29, 0.717) is 23.4 Å². The number of hydrogen-bond acceptors (Lipinski definition) is 4. The molecule has 0 saturated carbocycles. The fraction of sp³-hybridized carbons (Fsp3) is 0.435. The molecule has 0 radical (unpaired) electrons. The number of benzene rings is 1. The predicted molar refractivity (Wildman–Crippen MR) is 115 cm³/mol. The van der Waals surface area contributed by atoms with Crippen LogP contribution in [0, 0.1) is 11.8 Å². The zero-order valence-electron chi connectivity index (χ0n) is 17.2. The highest BCUT2D eigenvalue weighted by Gasteiger charge is 2.21. The maximum atomic E-state index is 12.5. The lowest BCUT2D eigenvalue weighted by molar-refractivity contribution is 0.0946. The number of hydrogen-bond donors (Lipinski definition) is 2. The number of pyridine rings is 1. The number of rotatable bonds is 7. The second-order valence-electron chi connectivity index (χ2n) is 8.09. The van der Waals surface area contributed by atoms with Crippen LogP contribution in [-0.2, 0) is 0 Å². The smallest absolute Gasteiger partial charge is 0.257 e. The van der Waals surface area contributed by atoms with Crippen molar-refractivity contribution in [1.82, 2.24) is 15.2 Å². The molecule has 1 saturated heterocycles. The van der Waals surface area contributed by atoms with Gasteiger partial charge in [-0.3, -0.25) is 14.6 Å². The first kappa shape index (κ1) is 21.0. The Morgan fingerprint density at radius 3 is 2.55 bits per heavy atom. The van der Waals surface area contributed by atoms with Crippen molar-refractivity contribution in [3.63, 3.8) is 0 Å². The van der Waals surface area contributed by atoms with Gasteiger partial charge in [0.15, 0.2) is 0 Å². The molecule has 1 aromatic heterocycles. The summed E-state index contributed by atoms with van der Waals surface area (Å²) in [6.45, 7) is 8.57. The third kappa shape index (κ3) is 6.39. The number of piperidine rings is 1. The van der Waals surface area contributed by atoms with Crippen molar-refractivity contribution < 1.29 is 9.59 Å². The van der Waals surface area contributed by atoms with Crippen molar-refractivity contribution in [3.05, 3.63) is 59.9 Å². The van der Waals surface area contributed by atoms with Gasteiger partial charge in [0.2, 0.25) is 0 Å². The highest BCUT2D eigenvalue weighted by Crippen LogP contribution is 2.20. The fourth-order valence-electron chi connectivity index (χ4n) is 4.02. The summed E-state index contributed by atoms with van der Waals surface area (Å²) in [5, 5.41) is 5.79. The molecule has 154 valence electrons. The van der Waals surface area contributed by atoms with Crippen LogP contribution >= 0.6 is 0 Å². The first-order chi connectivity index (χ1) is 14.0. The van der Waals surface area contributed by atoms with E-state index in [1.807, 2.05) is 0 Å². The topological polar surface area (TPSA) is 74.3 Å². The fourth-order valence-corrected chi connectivity index (χ4v) is 4.02. The van der Waals surface area contributed by atoms with E-state index in [9.17, 15) is 9.59 Å². The van der Waals surface area contributed by atoms with Crippen LogP contribution in [0.5, 0.6) is 0 Å². The number of nitrogens with zero attached hydrogens (tertiary/aromatic N) is 2. The summed E-state index contributed by atoms with van der Waals surface area (Å²) in [6, 6.07) is 10.4. The van der Waals surface area contributed by atoms with Crippen molar-refractivity contribution in [2.75, 3.05) is 31.5 Å². The Balaban J connectivity index is 1.46. The van der Waals surface area contributed by atoms with Crippen LogP contribution in [-0.4, -0.2) is 47.9 Å². The van der Waals surface area contributed by atoms with Gasteiger partial charge in [-0.15, -0.1) is 0 Å². The lowest BCUT2D eigenvalue weighted by Crippen LogP contribution is -2.40. The van der Waals surface area contributed by atoms with Gasteiger partial charge in [0.25, 0.3) is 11.8 Å². The van der Waals surface area contributed by atoms with Crippen LogP contribution in [0.1, 0.15) is 47.4 Å². The Labute approximate surface area is 172 Å². The van der Waals surface area contributed by atoms with Gasteiger partial charge in [-0.2, -0.15) is 0 Å². The van der Waals surface area contributed by atoms with E-state index in [0.717, 1.165) is 37.9 Å². The minimum atomic E-state index is -0.249. The summed E-state index contributed by atoms with van der Waals surface area (Å²) >= 11 is 0. The van der Waals surface area contributed by atoms with E-state index in [-0.39, 0.29) is 11.8 Å².